The Labute approximate surface area is 528 Å². The monoisotopic (exact) mass is 1300 g/mol. The lowest BCUT2D eigenvalue weighted by Crippen LogP contribution is -2.69. The third kappa shape index (κ3) is 20.8. The molecule has 31 nitrogen and oxygen atoms in total. The van der Waals surface area contributed by atoms with Crippen molar-refractivity contribution in [1.82, 2.24) is 5.32 Å². The van der Waals surface area contributed by atoms with Crippen LogP contribution in [0.1, 0.15) is 118 Å². The van der Waals surface area contributed by atoms with Crippen LogP contribution in [-0.4, -0.2) is 208 Å². The van der Waals surface area contributed by atoms with Crippen molar-refractivity contribution in [1.29, 1.82) is 0 Å². The number of unbranched alkanes of at least 4 members (excludes halogenated alkanes) is 3. The summed E-state index contributed by atoms with van der Waals surface area (Å²) in [6, 6.07) is 14.2. The highest BCUT2D eigenvalue weighted by atomic mass is 16.8. The first-order chi connectivity index (χ1) is 43.6. The topological polar surface area (TPSA) is 394 Å². The Hall–Kier alpha value is -8.36. The fourth-order valence-corrected chi connectivity index (χ4v) is 10.9. The van der Waals surface area contributed by atoms with Crippen molar-refractivity contribution in [3.05, 3.63) is 59.7 Å². The average molecular weight is 1300 g/mol. The van der Waals surface area contributed by atoms with Crippen LogP contribution in [0.15, 0.2) is 48.5 Å². The largest absolute Gasteiger partial charge is 0.480 e. The first kappa shape index (κ1) is 72.7. The van der Waals surface area contributed by atoms with Gasteiger partial charge in [-0.05, 0) is 35.1 Å². The molecule has 1 aliphatic carbocycles. The molecule has 2 N–H and O–H groups in total. The zero-order valence-electron chi connectivity index (χ0n) is 52.3. The van der Waals surface area contributed by atoms with Crippen molar-refractivity contribution >= 4 is 71.8 Å². The second-order valence-electron chi connectivity index (χ2n) is 21.7. The summed E-state index contributed by atoms with van der Waals surface area (Å²) in [5.74, 6) is -11.2. The highest BCUT2D eigenvalue weighted by Gasteiger charge is 2.60. The number of aliphatic carboxylic acids is 1. The number of rotatable bonds is 29. The van der Waals surface area contributed by atoms with Crippen LogP contribution in [0.4, 0.5) is 4.79 Å². The molecule has 0 unspecified atom stereocenters. The lowest BCUT2D eigenvalue weighted by atomic mass is 9.95. The number of ether oxygens (including phenoxy) is 17. The number of hydrogen-bond donors (Lipinski definition) is 2. The minimum atomic E-state index is -2.07. The van der Waals surface area contributed by atoms with Crippen molar-refractivity contribution in [2.24, 2.45) is 0 Å². The molecule has 3 saturated heterocycles. The van der Waals surface area contributed by atoms with Gasteiger partial charge in [-0.2, -0.15) is 0 Å². The molecule has 6 rings (SSSR count). The van der Waals surface area contributed by atoms with E-state index in [9.17, 15) is 62.6 Å². The number of carboxylic acids is 1. The number of carboxylic acid groups (broad SMARTS) is 1. The van der Waals surface area contributed by atoms with E-state index in [1.165, 1.54) is 0 Å². The summed E-state index contributed by atoms with van der Waals surface area (Å²) < 4.78 is 99.1. The molecule has 2 aromatic carbocycles. The number of amides is 1. The van der Waals surface area contributed by atoms with Crippen molar-refractivity contribution in [2.45, 2.75) is 205 Å². The first-order valence-corrected chi connectivity index (χ1v) is 29.5. The van der Waals surface area contributed by atoms with Crippen LogP contribution in [-0.2, 0) is 133 Å². The first-order valence-electron chi connectivity index (χ1n) is 29.5. The van der Waals surface area contributed by atoms with Crippen molar-refractivity contribution < 1.29 is 143 Å². The molecular formula is C61H77NO30. The molecule has 1 amide bonds. The van der Waals surface area contributed by atoms with Gasteiger partial charge in [0.15, 0.2) is 61.6 Å². The molecule has 0 aromatic heterocycles. The van der Waals surface area contributed by atoms with Crippen molar-refractivity contribution in [3.63, 3.8) is 0 Å². The van der Waals surface area contributed by atoms with E-state index in [0.29, 0.717) is 19.3 Å². The summed E-state index contributed by atoms with van der Waals surface area (Å²) in [7, 11) is 0. The molecule has 31 heteroatoms. The summed E-state index contributed by atoms with van der Waals surface area (Å²) in [5.41, 5.74) is 4.01. The molecule has 3 fully saturated rings. The lowest BCUT2D eigenvalue weighted by Gasteiger charge is -2.50. The van der Waals surface area contributed by atoms with Gasteiger partial charge in [0.25, 0.3) is 0 Å². The number of benzene rings is 2. The highest BCUT2D eigenvalue weighted by Crippen LogP contribution is 2.45. The maximum absolute atomic E-state index is 13.2. The number of esters is 10. The van der Waals surface area contributed by atoms with Crippen LogP contribution in [0.25, 0.3) is 11.1 Å². The third-order valence-electron chi connectivity index (χ3n) is 14.4. The Balaban J connectivity index is 1.23. The zero-order chi connectivity index (χ0) is 67.5. The predicted molar refractivity (Wildman–Crippen MR) is 303 cm³/mol. The second kappa shape index (κ2) is 34.3. The van der Waals surface area contributed by atoms with Crippen molar-refractivity contribution in [3.8, 4) is 11.1 Å². The standard InChI is InChI=1S/C61H77NO30/c1-29(63)77-26-45-48(81-32(4)66)51(82-33(5)67)55(86-37(9)71)59(89-45)92-50-47(28-79-31(3)65)90-60(56(87-38(10)72)53(50)84-35(7)69)91-49-46(27-78-30(2)64)88-58(54(85-36(8)70)52(49)83-34(6)68)76-24-18-12-11-13-23-44(57(73)74)62-61(75)80-25-43-41-21-16-14-19-39(41)40-20-15-17-22-42(40)43/h14-17,19-22,43-56,58-60H,11-13,18,23-28H2,1-10H3,(H,62,75)(H,73,74)/t44-,45+,46+,47+,48-,49+,50-,51-,52-,53-,54+,55+,56+,58+,59+,60-/m0/s1. The Kier molecular flexibility index (Phi) is 27.1. The van der Waals surface area contributed by atoms with E-state index < -0.39 is 190 Å². The van der Waals surface area contributed by atoms with Gasteiger partial charge in [0.2, 0.25) is 0 Å². The molecule has 0 spiro atoms. The van der Waals surface area contributed by atoms with E-state index in [1.807, 2.05) is 48.5 Å². The molecule has 3 heterocycles. The maximum atomic E-state index is 13.2. The van der Waals surface area contributed by atoms with E-state index in [4.69, 9.17) is 80.5 Å². The second-order valence-corrected chi connectivity index (χ2v) is 21.7. The van der Waals surface area contributed by atoms with Crippen LogP contribution >= 0.6 is 0 Å². The number of alkyl carbamates (subject to hydrolysis) is 1. The predicted octanol–water partition coefficient (Wildman–Crippen LogP) is 3.10. The van der Waals surface area contributed by atoms with Crippen LogP contribution < -0.4 is 5.32 Å². The quantitative estimate of drug-likeness (QED) is 0.0671. The Morgan fingerprint density at radius 2 is 0.750 bits per heavy atom. The van der Waals surface area contributed by atoms with Crippen molar-refractivity contribution in [2.75, 3.05) is 33.0 Å². The van der Waals surface area contributed by atoms with E-state index >= 15 is 0 Å². The fraction of sp³-hybridized carbons (Fsp3) is 0.607. The fourth-order valence-electron chi connectivity index (χ4n) is 10.9. The minimum absolute atomic E-state index is 0.0227. The van der Waals surface area contributed by atoms with E-state index in [2.05, 4.69) is 5.32 Å². The number of carbonyl (C=O) groups is 12. The molecule has 16 atom stereocenters. The minimum Gasteiger partial charge on any atom is -0.480 e. The van der Waals surface area contributed by atoms with Gasteiger partial charge in [0, 0.05) is 81.8 Å². The summed E-state index contributed by atoms with van der Waals surface area (Å²) in [4.78, 5) is 153. The van der Waals surface area contributed by atoms with Gasteiger partial charge < -0.3 is 90.9 Å². The molecule has 4 aliphatic rings. The molecule has 0 bridgehead atoms. The zero-order valence-corrected chi connectivity index (χ0v) is 52.3. The number of fused-ring (bicyclic) bond motifs is 3. The Morgan fingerprint density at radius 1 is 0.402 bits per heavy atom. The van der Waals surface area contributed by atoms with Gasteiger partial charge in [0.05, 0.1) is 0 Å². The SMILES string of the molecule is CC(=O)OC[C@H]1O[C@H](O[C@@H]2[C@H](OC(C)=O)[C@@H](OC(C)=O)[C@H](O[C@H]3[C@H](OC(C)=O)[C@@H](OC(C)=O)[C@H](OCCCCCC[C@H](NC(=O)OCC4c5ccccc5-c5ccccc54)C(=O)O)O[C@@H]3COC(C)=O)O[C@@H]2COC(C)=O)[C@H](OC(C)=O)[C@@H](OC(C)=O)[C@H]1OC(C)=O. The van der Waals surface area contributed by atoms with E-state index in [1.54, 1.807) is 0 Å². The average Bonchev–Trinajstić information content (AvgIpc) is 1.10. The van der Waals surface area contributed by atoms with Crippen LogP contribution in [0.2, 0.25) is 0 Å². The normalized spacial score (nSPS) is 26.7. The summed E-state index contributed by atoms with van der Waals surface area (Å²) >= 11 is 0. The van der Waals surface area contributed by atoms with Gasteiger partial charge in [-0.15, -0.1) is 0 Å². The molecule has 3 aliphatic heterocycles. The number of hydrogen-bond acceptors (Lipinski definition) is 29. The van der Waals surface area contributed by atoms with Gasteiger partial charge in [-0.1, -0.05) is 67.8 Å². The molecule has 506 valence electrons. The van der Waals surface area contributed by atoms with Crippen LogP contribution in [0, 0.1) is 0 Å². The molecule has 0 saturated carbocycles. The van der Waals surface area contributed by atoms with Gasteiger partial charge in [-0.25, -0.2) is 9.59 Å². The molecule has 2 aromatic rings. The smallest absolute Gasteiger partial charge is 0.407 e. The van der Waals surface area contributed by atoms with Gasteiger partial charge in [0.1, 0.15) is 63.0 Å². The molecular weight excluding hydrogens is 1230 g/mol. The highest BCUT2D eigenvalue weighted by molar-refractivity contribution is 5.81. The summed E-state index contributed by atoms with van der Waals surface area (Å²) in [5, 5.41) is 12.5. The van der Waals surface area contributed by atoms with Crippen LogP contribution in [0.5, 0.6) is 0 Å². The van der Waals surface area contributed by atoms with Gasteiger partial charge >= 0.3 is 71.8 Å². The number of nitrogens with one attached hydrogen (secondary N) is 1. The number of carbonyl (C=O) groups excluding carboxylic acids is 11. The summed E-state index contributed by atoms with van der Waals surface area (Å²) in [6.07, 6.45) is -26.6. The summed E-state index contributed by atoms with van der Waals surface area (Å²) in [6.45, 7) is 7.54. The maximum Gasteiger partial charge on any atom is 0.407 e. The Morgan fingerprint density at radius 3 is 1.15 bits per heavy atom. The lowest BCUT2D eigenvalue weighted by molar-refractivity contribution is -0.380. The van der Waals surface area contributed by atoms with E-state index in [0.717, 1.165) is 91.5 Å². The molecule has 0 radical (unpaired) electrons. The Bertz CT molecular complexity index is 2920. The van der Waals surface area contributed by atoms with E-state index in [-0.39, 0.29) is 32.0 Å². The third-order valence-corrected chi connectivity index (χ3v) is 14.4. The molecule has 92 heavy (non-hydrogen) atoms. The van der Waals surface area contributed by atoms with Gasteiger partial charge in [-0.3, -0.25) is 47.9 Å². The van der Waals surface area contributed by atoms with Crippen LogP contribution in [0.3, 0.4) is 0 Å².